The minimum absolute atomic E-state index is 0.0730. The Morgan fingerprint density at radius 1 is 1.28 bits per heavy atom. The van der Waals surface area contributed by atoms with Gasteiger partial charge in [0, 0.05) is 6.92 Å². The minimum atomic E-state index is -0.284. The van der Waals surface area contributed by atoms with E-state index >= 15 is 0 Å². The van der Waals surface area contributed by atoms with Crippen LogP contribution in [0.4, 0.5) is 0 Å². The summed E-state index contributed by atoms with van der Waals surface area (Å²) in [6, 6.07) is 8.23. The summed E-state index contributed by atoms with van der Waals surface area (Å²) < 4.78 is 10.8. The largest absolute Gasteiger partial charge is 0.463 e. The molecule has 0 unspecified atom stereocenters. The van der Waals surface area contributed by atoms with Gasteiger partial charge in [0.05, 0.1) is 12.2 Å². The topological polar surface area (TPSA) is 35.5 Å². The number of aryl methyl sites for hydroxylation is 1. The van der Waals surface area contributed by atoms with E-state index in [4.69, 9.17) is 9.47 Å². The molecule has 0 N–H and O–H groups in total. The number of hydrogen-bond donors (Lipinski definition) is 0. The van der Waals surface area contributed by atoms with E-state index in [0.717, 1.165) is 5.56 Å². The zero-order chi connectivity index (χ0) is 13.0. The smallest absolute Gasteiger partial charge is 0.302 e. The van der Waals surface area contributed by atoms with Crippen LogP contribution in [0.5, 0.6) is 0 Å². The van der Waals surface area contributed by atoms with Gasteiger partial charge in [0.25, 0.3) is 0 Å². The number of carbonyl (C=O) groups excluding carboxylic acids is 1. The maximum atomic E-state index is 10.8. The van der Waals surface area contributed by atoms with Gasteiger partial charge in [-0.05, 0) is 31.7 Å². The molecule has 1 heterocycles. The molecule has 1 aromatic carbocycles. The van der Waals surface area contributed by atoms with Crippen molar-refractivity contribution in [3.05, 3.63) is 54.7 Å². The second-order valence-electron chi connectivity index (χ2n) is 4.39. The maximum Gasteiger partial charge on any atom is 0.302 e. The van der Waals surface area contributed by atoms with Crippen molar-refractivity contribution in [2.24, 2.45) is 0 Å². The van der Waals surface area contributed by atoms with Crippen LogP contribution in [0, 0.1) is 26.2 Å². The van der Waals surface area contributed by atoms with E-state index in [2.05, 4.69) is 31.2 Å². The van der Waals surface area contributed by atoms with E-state index in [1.54, 1.807) is 0 Å². The van der Waals surface area contributed by atoms with Crippen molar-refractivity contribution >= 4 is 5.97 Å². The molecule has 0 aromatic heterocycles. The molecule has 95 valence electrons. The fraction of sp³-hybridized carbons (Fsp3) is 0.333. The highest BCUT2D eigenvalue weighted by Gasteiger charge is 2.24. The summed E-state index contributed by atoms with van der Waals surface area (Å²) in [5.41, 5.74) is 2.33. The first-order valence-corrected chi connectivity index (χ1v) is 6.02. The molecule has 0 saturated carbocycles. The van der Waals surface area contributed by atoms with E-state index in [-0.39, 0.29) is 24.8 Å². The summed E-state index contributed by atoms with van der Waals surface area (Å²) in [6.07, 6.45) is 5.60. The predicted octanol–water partition coefficient (Wildman–Crippen LogP) is 2.61. The van der Waals surface area contributed by atoms with Crippen molar-refractivity contribution < 1.29 is 14.3 Å². The lowest BCUT2D eigenvalue weighted by atomic mass is 9.98. The number of esters is 1. The molecule has 1 fully saturated rings. The van der Waals surface area contributed by atoms with Crippen LogP contribution >= 0.6 is 0 Å². The van der Waals surface area contributed by atoms with Gasteiger partial charge < -0.3 is 9.47 Å². The van der Waals surface area contributed by atoms with E-state index in [9.17, 15) is 4.79 Å². The molecule has 1 aliphatic rings. The van der Waals surface area contributed by atoms with Crippen LogP contribution in [0.15, 0.2) is 24.3 Å². The summed E-state index contributed by atoms with van der Waals surface area (Å²) in [5.74, 6) is -0.284. The van der Waals surface area contributed by atoms with Crippen molar-refractivity contribution in [1.82, 2.24) is 0 Å². The van der Waals surface area contributed by atoms with Gasteiger partial charge in [-0.3, -0.25) is 4.79 Å². The van der Waals surface area contributed by atoms with Crippen LogP contribution in [0.3, 0.4) is 0 Å². The molecular formula is C15H17O3. The number of carbonyl (C=O) groups is 1. The zero-order valence-electron chi connectivity index (χ0n) is 10.6. The third kappa shape index (κ3) is 3.57. The van der Waals surface area contributed by atoms with Gasteiger partial charge in [0.15, 0.2) is 0 Å². The molecule has 1 saturated heterocycles. The second-order valence-corrected chi connectivity index (χ2v) is 4.39. The van der Waals surface area contributed by atoms with Gasteiger partial charge in [-0.25, -0.2) is 0 Å². The average Bonchev–Trinajstić information content (AvgIpc) is 2.37. The van der Waals surface area contributed by atoms with E-state index < -0.39 is 0 Å². The number of ether oxygens (including phenoxy) is 2. The second kappa shape index (κ2) is 6.01. The molecule has 2 rings (SSSR count). The van der Waals surface area contributed by atoms with Crippen LogP contribution in [0.25, 0.3) is 0 Å². The Morgan fingerprint density at radius 2 is 2.00 bits per heavy atom. The Morgan fingerprint density at radius 3 is 2.67 bits per heavy atom. The molecule has 0 spiro atoms. The first-order chi connectivity index (χ1) is 8.65. The summed E-state index contributed by atoms with van der Waals surface area (Å²) in [6.45, 7) is 3.72. The van der Waals surface area contributed by atoms with Crippen molar-refractivity contribution in [3.8, 4) is 0 Å². The van der Waals surface area contributed by atoms with Crippen LogP contribution < -0.4 is 0 Å². The number of hydrogen-bond acceptors (Lipinski definition) is 3. The summed E-state index contributed by atoms with van der Waals surface area (Å²) in [5, 5.41) is 0. The van der Waals surface area contributed by atoms with E-state index in [0.29, 0.717) is 0 Å². The Balaban J connectivity index is 1.93. The lowest BCUT2D eigenvalue weighted by molar-refractivity contribution is -0.145. The zero-order valence-corrected chi connectivity index (χ0v) is 10.6. The fourth-order valence-electron chi connectivity index (χ4n) is 1.81. The molecule has 0 aliphatic carbocycles. The van der Waals surface area contributed by atoms with Gasteiger partial charge in [0.2, 0.25) is 0 Å². The highest BCUT2D eigenvalue weighted by molar-refractivity contribution is 5.65. The van der Waals surface area contributed by atoms with E-state index in [1.165, 1.54) is 12.5 Å². The number of benzene rings is 1. The van der Waals surface area contributed by atoms with Gasteiger partial charge in [-0.2, -0.15) is 0 Å². The van der Waals surface area contributed by atoms with Gasteiger partial charge in [-0.15, -0.1) is 0 Å². The van der Waals surface area contributed by atoms with Gasteiger partial charge in [0.1, 0.15) is 6.61 Å². The van der Waals surface area contributed by atoms with Crippen molar-refractivity contribution in [1.29, 1.82) is 0 Å². The van der Waals surface area contributed by atoms with Gasteiger partial charge >= 0.3 is 5.97 Å². The summed E-state index contributed by atoms with van der Waals surface area (Å²) >= 11 is 0. The van der Waals surface area contributed by atoms with Crippen molar-refractivity contribution in [2.45, 2.75) is 26.1 Å². The van der Waals surface area contributed by atoms with E-state index in [1.807, 2.05) is 19.3 Å². The number of rotatable bonds is 3. The summed E-state index contributed by atoms with van der Waals surface area (Å²) in [7, 11) is 0. The Labute approximate surface area is 108 Å². The Hall–Kier alpha value is -1.35. The highest BCUT2D eigenvalue weighted by atomic mass is 16.6. The first-order valence-electron chi connectivity index (χ1n) is 6.02. The Bertz CT molecular complexity index is 397. The normalized spacial score (nSPS) is 23.7. The first kappa shape index (κ1) is 13.1. The average molecular weight is 245 g/mol. The van der Waals surface area contributed by atoms with Crippen LogP contribution in [-0.2, 0) is 14.3 Å². The quantitative estimate of drug-likeness (QED) is 0.768. The van der Waals surface area contributed by atoms with Crippen LogP contribution in [0.1, 0.15) is 24.2 Å². The molecule has 3 nitrogen and oxygen atoms in total. The molecule has 2 atom stereocenters. The third-order valence-electron chi connectivity index (χ3n) is 2.79. The van der Waals surface area contributed by atoms with Crippen molar-refractivity contribution in [3.63, 3.8) is 0 Å². The molecule has 3 heteroatoms. The maximum absolute atomic E-state index is 10.8. The summed E-state index contributed by atoms with van der Waals surface area (Å²) in [4.78, 5) is 10.8. The molecule has 1 aliphatic heterocycles. The van der Waals surface area contributed by atoms with Crippen LogP contribution in [-0.4, -0.2) is 18.7 Å². The van der Waals surface area contributed by atoms with Crippen LogP contribution in [0.2, 0.25) is 0 Å². The standard InChI is InChI=1S/C15H17O3/c1-11-6-8-13(9-7-11)15-5-3-4-14(18-15)10-17-12(2)16/h3-9,14-15H,10H2,1-2H3/t14-,15+/m0/s1. The monoisotopic (exact) mass is 245 g/mol. The predicted molar refractivity (Wildman–Crippen MR) is 68.3 cm³/mol. The lowest BCUT2D eigenvalue weighted by Gasteiger charge is -2.29. The molecule has 3 radical (unpaired) electrons. The minimum Gasteiger partial charge on any atom is -0.463 e. The molecular weight excluding hydrogens is 228 g/mol. The highest BCUT2D eigenvalue weighted by Crippen LogP contribution is 2.29. The Kier molecular flexibility index (Phi) is 4.37. The molecule has 1 aromatic rings. The van der Waals surface area contributed by atoms with Gasteiger partial charge in [-0.1, -0.05) is 29.8 Å². The molecule has 0 amide bonds. The third-order valence-corrected chi connectivity index (χ3v) is 2.79. The fourth-order valence-corrected chi connectivity index (χ4v) is 1.81. The molecule has 0 bridgehead atoms. The SMILES string of the molecule is CC(=O)OC[C@@H]1[CH][CH][CH][C@H](c2ccc(C)cc2)O1. The molecule has 18 heavy (non-hydrogen) atoms. The van der Waals surface area contributed by atoms with Crippen molar-refractivity contribution in [2.75, 3.05) is 6.61 Å². The lowest BCUT2D eigenvalue weighted by Crippen LogP contribution is -2.28.